The maximum Gasteiger partial charge on any atom is 0.216 e. The van der Waals surface area contributed by atoms with Gasteiger partial charge >= 0.3 is 0 Å². The summed E-state index contributed by atoms with van der Waals surface area (Å²) in [5.41, 5.74) is 0.840. The van der Waals surface area contributed by atoms with Crippen molar-refractivity contribution >= 4 is 0 Å². The van der Waals surface area contributed by atoms with Gasteiger partial charge in [-0.25, -0.2) is 9.97 Å². The average molecular weight is 222 g/mol. The molecule has 0 amide bonds. The second-order valence-electron chi connectivity index (χ2n) is 4.52. The molecule has 1 N–H and O–H groups in total. The molecule has 2 rings (SSSR count). The zero-order valence-corrected chi connectivity index (χ0v) is 9.76. The van der Waals surface area contributed by atoms with Crippen LogP contribution in [0.25, 0.3) is 0 Å². The third-order valence-electron chi connectivity index (χ3n) is 3.30. The summed E-state index contributed by atoms with van der Waals surface area (Å²) in [6.07, 6.45) is 4.25. The maximum atomic E-state index is 10.0. The second-order valence-corrected chi connectivity index (χ2v) is 4.52. The summed E-state index contributed by atoms with van der Waals surface area (Å²) in [4.78, 5) is 8.08. The van der Waals surface area contributed by atoms with Gasteiger partial charge in [0.05, 0.1) is 18.9 Å². The van der Waals surface area contributed by atoms with Crippen LogP contribution < -0.4 is 4.74 Å². The summed E-state index contributed by atoms with van der Waals surface area (Å²) in [6, 6.07) is 1.78. The Morgan fingerprint density at radius 2 is 2.25 bits per heavy atom. The van der Waals surface area contributed by atoms with E-state index in [2.05, 4.69) is 16.9 Å². The van der Waals surface area contributed by atoms with E-state index < -0.39 is 0 Å². The summed E-state index contributed by atoms with van der Waals surface area (Å²) in [5, 5.41) is 10.0. The molecular weight excluding hydrogens is 204 g/mol. The zero-order chi connectivity index (χ0) is 11.5. The SMILES string of the molecule is COc1cc(CC(O)C(C)C2CC2)ncn1. The Hall–Kier alpha value is -1.16. The number of nitrogens with zero attached hydrogens (tertiary/aromatic N) is 2. The molecule has 0 radical (unpaired) electrons. The predicted octanol–water partition coefficient (Wildman–Crippen LogP) is 1.43. The van der Waals surface area contributed by atoms with E-state index in [1.165, 1.54) is 19.2 Å². The van der Waals surface area contributed by atoms with E-state index in [0.717, 1.165) is 5.69 Å². The van der Waals surface area contributed by atoms with Crippen molar-refractivity contribution in [3.05, 3.63) is 18.1 Å². The minimum Gasteiger partial charge on any atom is -0.481 e. The number of aliphatic hydroxyl groups is 1. The molecule has 0 aromatic carbocycles. The molecule has 1 aromatic heterocycles. The minimum atomic E-state index is -0.313. The Bertz CT molecular complexity index is 353. The van der Waals surface area contributed by atoms with Crippen molar-refractivity contribution in [1.29, 1.82) is 0 Å². The van der Waals surface area contributed by atoms with Gasteiger partial charge in [-0.2, -0.15) is 0 Å². The quantitative estimate of drug-likeness (QED) is 0.819. The molecular formula is C12H18N2O2. The fraction of sp³-hybridized carbons (Fsp3) is 0.667. The Morgan fingerprint density at radius 1 is 1.50 bits per heavy atom. The molecule has 2 atom stereocenters. The van der Waals surface area contributed by atoms with Crippen LogP contribution in [0.15, 0.2) is 12.4 Å². The van der Waals surface area contributed by atoms with Crippen molar-refractivity contribution in [2.75, 3.05) is 7.11 Å². The maximum absolute atomic E-state index is 10.0. The lowest BCUT2D eigenvalue weighted by molar-refractivity contribution is 0.104. The first-order valence-electron chi connectivity index (χ1n) is 5.73. The normalized spacial score (nSPS) is 19.2. The molecule has 0 saturated heterocycles. The van der Waals surface area contributed by atoms with Crippen molar-refractivity contribution in [2.24, 2.45) is 11.8 Å². The van der Waals surface area contributed by atoms with Crippen LogP contribution in [0.1, 0.15) is 25.5 Å². The highest BCUT2D eigenvalue weighted by atomic mass is 16.5. The number of hydrogen-bond acceptors (Lipinski definition) is 4. The molecule has 16 heavy (non-hydrogen) atoms. The topological polar surface area (TPSA) is 55.2 Å². The Morgan fingerprint density at radius 3 is 2.88 bits per heavy atom. The number of methoxy groups -OCH3 is 1. The molecule has 0 bridgehead atoms. The first-order valence-corrected chi connectivity index (χ1v) is 5.73. The number of hydrogen-bond donors (Lipinski definition) is 1. The summed E-state index contributed by atoms with van der Waals surface area (Å²) >= 11 is 0. The van der Waals surface area contributed by atoms with Gasteiger partial charge in [-0.1, -0.05) is 6.92 Å². The predicted molar refractivity (Wildman–Crippen MR) is 60.2 cm³/mol. The highest BCUT2D eigenvalue weighted by Crippen LogP contribution is 2.38. The van der Waals surface area contributed by atoms with Crippen molar-refractivity contribution in [3.8, 4) is 5.88 Å². The van der Waals surface area contributed by atoms with E-state index in [0.29, 0.717) is 24.1 Å². The van der Waals surface area contributed by atoms with Crippen LogP contribution in [0, 0.1) is 11.8 Å². The van der Waals surface area contributed by atoms with Crippen molar-refractivity contribution in [3.63, 3.8) is 0 Å². The third-order valence-corrected chi connectivity index (χ3v) is 3.30. The Kier molecular flexibility index (Phi) is 3.39. The van der Waals surface area contributed by atoms with E-state index in [4.69, 9.17) is 4.74 Å². The Labute approximate surface area is 95.7 Å². The third kappa shape index (κ3) is 2.70. The van der Waals surface area contributed by atoms with Gasteiger partial charge in [0.15, 0.2) is 0 Å². The second kappa shape index (κ2) is 4.78. The van der Waals surface area contributed by atoms with Crippen LogP contribution >= 0.6 is 0 Å². The van der Waals surface area contributed by atoms with Crippen LogP contribution in [-0.2, 0) is 6.42 Å². The first kappa shape index (κ1) is 11.3. The average Bonchev–Trinajstić information content (AvgIpc) is 3.12. The van der Waals surface area contributed by atoms with Crippen LogP contribution in [-0.4, -0.2) is 28.3 Å². The molecule has 1 aliphatic carbocycles. The van der Waals surface area contributed by atoms with Gasteiger partial charge in [-0.05, 0) is 24.7 Å². The first-order chi connectivity index (χ1) is 7.70. The molecule has 1 saturated carbocycles. The summed E-state index contributed by atoms with van der Waals surface area (Å²) < 4.78 is 5.02. The number of aliphatic hydroxyl groups excluding tert-OH is 1. The van der Waals surface area contributed by atoms with Gasteiger partial charge in [0.25, 0.3) is 0 Å². The molecule has 0 aliphatic heterocycles. The van der Waals surface area contributed by atoms with E-state index in [-0.39, 0.29) is 6.10 Å². The van der Waals surface area contributed by atoms with Crippen molar-refractivity contribution in [2.45, 2.75) is 32.3 Å². The molecule has 1 heterocycles. The van der Waals surface area contributed by atoms with Gasteiger partial charge < -0.3 is 9.84 Å². The zero-order valence-electron chi connectivity index (χ0n) is 9.76. The summed E-state index contributed by atoms with van der Waals surface area (Å²) in [6.45, 7) is 2.11. The van der Waals surface area contributed by atoms with Gasteiger partial charge in [0.2, 0.25) is 5.88 Å². The number of ether oxygens (including phenoxy) is 1. The van der Waals surface area contributed by atoms with Gasteiger partial charge in [0, 0.05) is 12.5 Å². The summed E-state index contributed by atoms with van der Waals surface area (Å²) in [7, 11) is 1.58. The molecule has 88 valence electrons. The molecule has 1 fully saturated rings. The summed E-state index contributed by atoms with van der Waals surface area (Å²) in [5.74, 6) is 1.62. The monoisotopic (exact) mass is 222 g/mol. The van der Waals surface area contributed by atoms with Gasteiger partial charge in [-0.15, -0.1) is 0 Å². The van der Waals surface area contributed by atoms with Gasteiger partial charge in [-0.3, -0.25) is 0 Å². The van der Waals surface area contributed by atoms with E-state index >= 15 is 0 Å². The van der Waals surface area contributed by atoms with Crippen molar-refractivity contribution in [1.82, 2.24) is 9.97 Å². The molecule has 0 spiro atoms. The molecule has 4 nitrogen and oxygen atoms in total. The molecule has 4 heteroatoms. The highest BCUT2D eigenvalue weighted by Gasteiger charge is 2.32. The van der Waals surface area contributed by atoms with E-state index in [1.807, 2.05) is 0 Å². The number of aromatic nitrogens is 2. The lowest BCUT2D eigenvalue weighted by Crippen LogP contribution is -2.22. The van der Waals surface area contributed by atoms with Crippen LogP contribution in [0.2, 0.25) is 0 Å². The Balaban J connectivity index is 1.96. The van der Waals surface area contributed by atoms with E-state index in [9.17, 15) is 5.11 Å². The largest absolute Gasteiger partial charge is 0.481 e. The minimum absolute atomic E-state index is 0.313. The fourth-order valence-electron chi connectivity index (χ4n) is 1.94. The van der Waals surface area contributed by atoms with Crippen LogP contribution in [0.4, 0.5) is 0 Å². The van der Waals surface area contributed by atoms with Gasteiger partial charge in [0.1, 0.15) is 6.33 Å². The fourth-order valence-corrected chi connectivity index (χ4v) is 1.94. The highest BCUT2D eigenvalue weighted by molar-refractivity contribution is 5.14. The molecule has 1 aromatic rings. The molecule has 1 aliphatic rings. The van der Waals surface area contributed by atoms with E-state index in [1.54, 1.807) is 13.2 Å². The van der Waals surface area contributed by atoms with Crippen molar-refractivity contribution < 1.29 is 9.84 Å². The standard InChI is InChI=1S/C12H18N2O2/c1-8(9-3-4-9)11(15)5-10-6-12(16-2)14-7-13-10/h6-9,11,15H,3-5H2,1-2H3. The lowest BCUT2D eigenvalue weighted by Gasteiger charge is -2.17. The smallest absolute Gasteiger partial charge is 0.216 e. The van der Waals surface area contributed by atoms with Crippen LogP contribution in [0.3, 0.4) is 0 Å². The number of rotatable bonds is 5. The molecule has 2 unspecified atom stereocenters. The van der Waals surface area contributed by atoms with Crippen LogP contribution in [0.5, 0.6) is 5.88 Å². The lowest BCUT2D eigenvalue weighted by atomic mass is 9.95.